The summed E-state index contributed by atoms with van der Waals surface area (Å²) in [6.07, 6.45) is -0.336. The molecule has 0 radical (unpaired) electrons. The minimum atomic E-state index is -3.68. The van der Waals surface area contributed by atoms with Crippen LogP contribution in [0.25, 0.3) is 0 Å². The van der Waals surface area contributed by atoms with Crippen LogP contribution in [0, 0.1) is 6.92 Å². The third-order valence-electron chi connectivity index (χ3n) is 3.26. The van der Waals surface area contributed by atoms with Crippen molar-refractivity contribution in [3.63, 3.8) is 0 Å². The standard InChI is InChI=1S/C15H18ClNO4S2/c1-10-4-7-15(22-10)14(21-3)9-17-23(18,19)11-5-6-13(20-2)12(16)8-11/h4-8,14,17H,9H2,1-3H3. The van der Waals surface area contributed by atoms with Crippen LogP contribution in [0.4, 0.5) is 0 Å². The van der Waals surface area contributed by atoms with Crippen LogP contribution in [0.1, 0.15) is 15.9 Å². The Kier molecular flexibility index (Phi) is 6.05. The molecule has 1 aromatic carbocycles. The first-order chi connectivity index (χ1) is 10.9. The molecular weight excluding hydrogens is 358 g/mol. The molecule has 0 bridgehead atoms. The minimum absolute atomic E-state index is 0.0838. The van der Waals surface area contributed by atoms with E-state index in [0.717, 1.165) is 9.75 Å². The number of hydrogen-bond acceptors (Lipinski definition) is 5. The van der Waals surface area contributed by atoms with Crippen molar-refractivity contribution in [2.24, 2.45) is 0 Å². The predicted molar refractivity (Wildman–Crippen MR) is 92.0 cm³/mol. The van der Waals surface area contributed by atoms with Crippen LogP contribution in [0.2, 0.25) is 5.02 Å². The fraction of sp³-hybridized carbons (Fsp3) is 0.333. The summed E-state index contributed by atoms with van der Waals surface area (Å²) in [5, 5.41) is 0.243. The molecule has 0 aliphatic rings. The van der Waals surface area contributed by atoms with Crippen molar-refractivity contribution < 1.29 is 17.9 Å². The quantitative estimate of drug-likeness (QED) is 0.805. The zero-order chi connectivity index (χ0) is 17.0. The molecule has 8 heteroatoms. The first-order valence-corrected chi connectivity index (χ1v) is 9.47. The molecule has 0 spiro atoms. The van der Waals surface area contributed by atoms with Crippen LogP contribution < -0.4 is 9.46 Å². The first kappa shape index (κ1) is 18.2. The lowest BCUT2D eigenvalue weighted by Gasteiger charge is -2.15. The lowest BCUT2D eigenvalue weighted by atomic mass is 10.3. The molecule has 126 valence electrons. The van der Waals surface area contributed by atoms with E-state index in [0.29, 0.717) is 5.75 Å². The van der Waals surface area contributed by atoms with E-state index in [-0.39, 0.29) is 22.6 Å². The average Bonchev–Trinajstić information content (AvgIpc) is 2.94. The second-order valence-corrected chi connectivity index (χ2v) is 8.31. The van der Waals surface area contributed by atoms with Crippen molar-refractivity contribution in [3.8, 4) is 5.75 Å². The predicted octanol–water partition coefficient (Wildman–Crippen LogP) is 3.38. The molecule has 1 heterocycles. The lowest BCUT2D eigenvalue weighted by Crippen LogP contribution is -2.29. The maximum absolute atomic E-state index is 12.4. The molecule has 2 rings (SSSR count). The van der Waals surface area contributed by atoms with Crippen molar-refractivity contribution in [3.05, 3.63) is 45.1 Å². The van der Waals surface area contributed by atoms with Crippen molar-refractivity contribution >= 4 is 33.0 Å². The van der Waals surface area contributed by atoms with Crippen LogP contribution in [-0.4, -0.2) is 29.2 Å². The van der Waals surface area contributed by atoms with Gasteiger partial charge in [0.15, 0.2) is 0 Å². The number of thiophene rings is 1. The van der Waals surface area contributed by atoms with Gasteiger partial charge in [-0.05, 0) is 37.3 Å². The Balaban J connectivity index is 2.13. The van der Waals surface area contributed by atoms with Gasteiger partial charge in [-0.2, -0.15) is 0 Å². The molecule has 1 N–H and O–H groups in total. The van der Waals surface area contributed by atoms with Crippen molar-refractivity contribution in [1.29, 1.82) is 0 Å². The van der Waals surface area contributed by atoms with E-state index in [1.165, 1.54) is 25.3 Å². The number of aryl methyl sites for hydroxylation is 1. The van der Waals surface area contributed by atoms with Gasteiger partial charge >= 0.3 is 0 Å². The monoisotopic (exact) mass is 375 g/mol. The molecular formula is C15H18ClNO4S2. The number of rotatable bonds is 7. The third-order valence-corrected chi connectivity index (χ3v) is 6.06. The van der Waals surface area contributed by atoms with Gasteiger partial charge in [0.2, 0.25) is 10.0 Å². The first-order valence-electron chi connectivity index (χ1n) is 6.79. The summed E-state index contributed by atoms with van der Waals surface area (Å²) in [7, 11) is -0.654. The van der Waals surface area contributed by atoms with Gasteiger partial charge in [0.1, 0.15) is 11.9 Å². The van der Waals surface area contributed by atoms with Gasteiger partial charge in [-0.15, -0.1) is 11.3 Å². The summed E-state index contributed by atoms with van der Waals surface area (Å²) in [6.45, 7) is 2.13. The topological polar surface area (TPSA) is 64.6 Å². The van der Waals surface area contributed by atoms with Crippen LogP contribution in [0.3, 0.4) is 0 Å². The summed E-state index contributed by atoms with van der Waals surface area (Å²) in [5.74, 6) is 0.425. The number of methoxy groups -OCH3 is 2. The van der Waals surface area contributed by atoms with Gasteiger partial charge < -0.3 is 9.47 Å². The van der Waals surface area contributed by atoms with E-state index >= 15 is 0 Å². The highest BCUT2D eigenvalue weighted by molar-refractivity contribution is 7.89. The fourth-order valence-corrected chi connectivity index (χ4v) is 4.34. The number of halogens is 1. The van der Waals surface area contributed by atoms with Crippen molar-refractivity contribution in [1.82, 2.24) is 4.72 Å². The molecule has 23 heavy (non-hydrogen) atoms. The maximum atomic E-state index is 12.4. The summed E-state index contributed by atoms with van der Waals surface area (Å²) >= 11 is 7.56. The molecule has 0 saturated carbocycles. The zero-order valence-electron chi connectivity index (χ0n) is 13.0. The number of nitrogens with one attached hydrogen (secondary N) is 1. The van der Waals surface area contributed by atoms with Crippen molar-refractivity contribution in [2.45, 2.75) is 17.9 Å². The number of benzene rings is 1. The Morgan fingerprint density at radius 3 is 2.52 bits per heavy atom. The summed E-state index contributed by atoms with van der Waals surface area (Å²) in [4.78, 5) is 2.20. The van der Waals surface area contributed by atoms with Gasteiger partial charge in [0.25, 0.3) is 0 Å². The highest BCUT2D eigenvalue weighted by atomic mass is 35.5. The Bertz CT molecular complexity index is 774. The molecule has 0 aliphatic carbocycles. The molecule has 0 saturated heterocycles. The normalized spacial score (nSPS) is 13.0. The second-order valence-electron chi connectivity index (χ2n) is 4.82. The SMILES string of the molecule is COc1ccc(S(=O)(=O)NCC(OC)c2ccc(C)s2)cc1Cl. The molecule has 0 amide bonds. The highest BCUT2D eigenvalue weighted by Crippen LogP contribution is 2.28. The molecule has 0 fully saturated rings. The zero-order valence-corrected chi connectivity index (χ0v) is 15.4. The van der Waals surface area contributed by atoms with E-state index in [1.807, 2.05) is 19.1 Å². The maximum Gasteiger partial charge on any atom is 0.240 e. The third kappa shape index (κ3) is 4.45. The molecule has 5 nitrogen and oxygen atoms in total. The van der Waals surface area contributed by atoms with E-state index in [2.05, 4.69) is 4.72 Å². The van der Waals surface area contributed by atoms with Crippen LogP contribution in [0.5, 0.6) is 5.75 Å². The van der Waals surface area contributed by atoms with Gasteiger partial charge in [-0.3, -0.25) is 0 Å². The average molecular weight is 376 g/mol. The molecule has 1 aromatic heterocycles. The fourth-order valence-electron chi connectivity index (χ4n) is 2.01. The highest BCUT2D eigenvalue weighted by Gasteiger charge is 2.20. The van der Waals surface area contributed by atoms with Gasteiger partial charge in [-0.1, -0.05) is 11.6 Å². The Hall–Kier alpha value is -1.12. The summed E-state index contributed by atoms with van der Waals surface area (Å²) in [6, 6.07) is 8.24. The van der Waals surface area contributed by atoms with Gasteiger partial charge in [0.05, 0.1) is 17.0 Å². The second kappa shape index (κ2) is 7.63. The van der Waals surface area contributed by atoms with E-state index in [1.54, 1.807) is 18.4 Å². The smallest absolute Gasteiger partial charge is 0.240 e. The molecule has 0 aliphatic heterocycles. The number of hydrogen-bond donors (Lipinski definition) is 1. The largest absolute Gasteiger partial charge is 0.495 e. The molecule has 1 unspecified atom stereocenters. The summed E-state index contributed by atoms with van der Waals surface area (Å²) in [5.41, 5.74) is 0. The van der Waals surface area contributed by atoms with Crippen LogP contribution in [-0.2, 0) is 14.8 Å². The summed E-state index contributed by atoms with van der Waals surface area (Å²) < 4.78 is 37.7. The number of ether oxygens (including phenoxy) is 2. The molecule has 2 aromatic rings. The van der Waals surface area contributed by atoms with E-state index in [4.69, 9.17) is 21.1 Å². The van der Waals surface area contributed by atoms with Gasteiger partial charge in [0, 0.05) is 23.4 Å². The molecule has 1 atom stereocenters. The number of sulfonamides is 1. The van der Waals surface area contributed by atoms with E-state index < -0.39 is 10.0 Å². The van der Waals surface area contributed by atoms with Crippen LogP contribution >= 0.6 is 22.9 Å². The lowest BCUT2D eigenvalue weighted by molar-refractivity contribution is 0.110. The van der Waals surface area contributed by atoms with Crippen LogP contribution in [0.15, 0.2) is 35.2 Å². The Morgan fingerprint density at radius 1 is 1.26 bits per heavy atom. The Labute approximate surface area is 145 Å². The Morgan fingerprint density at radius 2 is 2.00 bits per heavy atom. The van der Waals surface area contributed by atoms with Gasteiger partial charge in [-0.25, -0.2) is 13.1 Å². The minimum Gasteiger partial charge on any atom is -0.495 e. The van der Waals surface area contributed by atoms with Crippen molar-refractivity contribution in [2.75, 3.05) is 20.8 Å². The van der Waals surface area contributed by atoms with E-state index in [9.17, 15) is 8.42 Å².